The lowest BCUT2D eigenvalue weighted by Crippen LogP contribution is -2.37. The number of carbonyl (C=O) groups excluding carboxylic acids is 1. The molecule has 0 aromatic heterocycles. The molecular formula is C15H19ClFNO2. The van der Waals surface area contributed by atoms with Gasteiger partial charge in [0.1, 0.15) is 11.6 Å². The van der Waals surface area contributed by atoms with Crippen molar-refractivity contribution in [2.75, 3.05) is 19.7 Å². The summed E-state index contributed by atoms with van der Waals surface area (Å²) in [6.45, 7) is 3.55. The van der Waals surface area contributed by atoms with Gasteiger partial charge in [0, 0.05) is 13.1 Å². The highest BCUT2D eigenvalue weighted by molar-refractivity contribution is 6.32. The molecule has 1 amide bonds. The van der Waals surface area contributed by atoms with Gasteiger partial charge < -0.3 is 9.64 Å². The smallest absolute Gasteiger partial charge is 0.260 e. The van der Waals surface area contributed by atoms with Crippen molar-refractivity contribution in [3.8, 4) is 5.75 Å². The van der Waals surface area contributed by atoms with Crippen molar-refractivity contribution < 1.29 is 13.9 Å². The summed E-state index contributed by atoms with van der Waals surface area (Å²) in [5, 5.41) is 0.182. The largest absolute Gasteiger partial charge is 0.482 e. The van der Waals surface area contributed by atoms with E-state index in [-0.39, 0.29) is 17.5 Å². The first kappa shape index (κ1) is 15.1. The molecule has 1 aromatic carbocycles. The van der Waals surface area contributed by atoms with E-state index < -0.39 is 5.82 Å². The Morgan fingerprint density at radius 2 is 2.25 bits per heavy atom. The number of benzene rings is 1. The SMILES string of the molecule is CCCN(CC1CC1)C(=O)COc1ccc(F)cc1Cl. The Bertz CT molecular complexity index is 477. The van der Waals surface area contributed by atoms with E-state index in [1.807, 2.05) is 11.8 Å². The van der Waals surface area contributed by atoms with Crippen LogP contribution in [-0.2, 0) is 4.79 Å². The highest BCUT2D eigenvalue weighted by Crippen LogP contribution is 2.30. The summed E-state index contributed by atoms with van der Waals surface area (Å²) in [4.78, 5) is 14.0. The van der Waals surface area contributed by atoms with Crippen LogP contribution in [0.3, 0.4) is 0 Å². The third-order valence-electron chi connectivity index (χ3n) is 3.27. The highest BCUT2D eigenvalue weighted by Gasteiger charge is 2.26. The zero-order valence-electron chi connectivity index (χ0n) is 11.6. The van der Waals surface area contributed by atoms with E-state index in [0.29, 0.717) is 11.7 Å². The number of hydrogen-bond acceptors (Lipinski definition) is 2. The Morgan fingerprint density at radius 3 is 2.85 bits per heavy atom. The van der Waals surface area contributed by atoms with Crippen LogP contribution in [0.5, 0.6) is 5.75 Å². The maximum Gasteiger partial charge on any atom is 0.260 e. The number of rotatable bonds is 7. The molecular weight excluding hydrogens is 281 g/mol. The molecule has 0 bridgehead atoms. The molecule has 5 heteroatoms. The minimum absolute atomic E-state index is 0.0425. The van der Waals surface area contributed by atoms with Crippen LogP contribution in [0.1, 0.15) is 26.2 Å². The van der Waals surface area contributed by atoms with Gasteiger partial charge in [-0.2, -0.15) is 0 Å². The first-order chi connectivity index (χ1) is 9.60. The second-order valence-corrected chi connectivity index (χ2v) is 5.55. The van der Waals surface area contributed by atoms with Crippen molar-refractivity contribution in [3.05, 3.63) is 29.0 Å². The molecule has 0 radical (unpaired) electrons. The average Bonchev–Trinajstić information content (AvgIpc) is 3.21. The second kappa shape index (κ2) is 6.93. The summed E-state index contributed by atoms with van der Waals surface area (Å²) >= 11 is 5.86. The van der Waals surface area contributed by atoms with Crippen molar-refractivity contribution in [1.82, 2.24) is 4.90 Å². The molecule has 2 rings (SSSR count). The summed E-state index contributed by atoms with van der Waals surface area (Å²) < 4.78 is 18.3. The van der Waals surface area contributed by atoms with E-state index in [9.17, 15) is 9.18 Å². The number of ether oxygens (including phenoxy) is 1. The normalized spacial score (nSPS) is 14.2. The fourth-order valence-electron chi connectivity index (χ4n) is 2.02. The maximum absolute atomic E-state index is 12.9. The lowest BCUT2D eigenvalue weighted by Gasteiger charge is -2.22. The Kier molecular flexibility index (Phi) is 5.24. The van der Waals surface area contributed by atoms with Gasteiger partial charge in [-0.15, -0.1) is 0 Å². The summed E-state index contributed by atoms with van der Waals surface area (Å²) in [6, 6.07) is 3.88. The van der Waals surface area contributed by atoms with Gasteiger partial charge in [0.25, 0.3) is 5.91 Å². The molecule has 1 saturated carbocycles. The van der Waals surface area contributed by atoms with E-state index >= 15 is 0 Å². The standard InChI is InChI=1S/C15H19ClFNO2/c1-2-7-18(9-11-3-4-11)15(19)10-20-14-6-5-12(17)8-13(14)16/h5-6,8,11H,2-4,7,9-10H2,1H3. The van der Waals surface area contributed by atoms with E-state index in [2.05, 4.69) is 0 Å². The lowest BCUT2D eigenvalue weighted by atomic mass is 10.3. The monoisotopic (exact) mass is 299 g/mol. The molecule has 0 saturated heterocycles. The Balaban J connectivity index is 1.88. The van der Waals surface area contributed by atoms with Crippen LogP contribution >= 0.6 is 11.6 Å². The molecule has 110 valence electrons. The molecule has 0 aliphatic heterocycles. The van der Waals surface area contributed by atoms with Crippen LogP contribution in [0, 0.1) is 11.7 Å². The van der Waals surface area contributed by atoms with Gasteiger partial charge >= 0.3 is 0 Å². The highest BCUT2D eigenvalue weighted by atomic mass is 35.5. The van der Waals surface area contributed by atoms with E-state index in [0.717, 1.165) is 19.5 Å². The van der Waals surface area contributed by atoms with Crippen LogP contribution < -0.4 is 4.74 Å². The van der Waals surface area contributed by atoms with Crippen molar-refractivity contribution in [1.29, 1.82) is 0 Å². The molecule has 1 aliphatic rings. The molecule has 1 fully saturated rings. The molecule has 1 aromatic rings. The quantitative estimate of drug-likeness (QED) is 0.771. The molecule has 0 atom stereocenters. The van der Waals surface area contributed by atoms with Crippen LogP contribution in [0.15, 0.2) is 18.2 Å². The molecule has 20 heavy (non-hydrogen) atoms. The summed E-state index contributed by atoms with van der Waals surface area (Å²) in [6.07, 6.45) is 3.34. The number of amides is 1. The first-order valence-electron chi connectivity index (χ1n) is 6.95. The van der Waals surface area contributed by atoms with Crippen LogP contribution in [0.2, 0.25) is 5.02 Å². The molecule has 0 unspecified atom stereocenters. The molecule has 3 nitrogen and oxygen atoms in total. The van der Waals surface area contributed by atoms with E-state index in [4.69, 9.17) is 16.3 Å². The fraction of sp³-hybridized carbons (Fsp3) is 0.533. The Labute approximate surface area is 123 Å². The van der Waals surface area contributed by atoms with Gasteiger partial charge in [-0.25, -0.2) is 4.39 Å². The zero-order valence-corrected chi connectivity index (χ0v) is 12.3. The van der Waals surface area contributed by atoms with Gasteiger partial charge in [-0.3, -0.25) is 4.79 Å². The zero-order chi connectivity index (χ0) is 14.5. The van der Waals surface area contributed by atoms with Crippen molar-refractivity contribution in [2.45, 2.75) is 26.2 Å². The summed E-state index contributed by atoms with van der Waals surface area (Å²) in [7, 11) is 0. The van der Waals surface area contributed by atoms with Gasteiger partial charge in [-0.05, 0) is 43.4 Å². The lowest BCUT2D eigenvalue weighted by molar-refractivity contribution is -0.133. The van der Waals surface area contributed by atoms with E-state index in [1.165, 1.54) is 31.0 Å². The van der Waals surface area contributed by atoms with Crippen LogP contribution in [-0.4, -0.2) is 30.5 Å². The third kappa shape index (κ3) is 4.37. The number of halogens is 2. The molecule has 0 heterocycles. The fourth-order valence-corrected chi connectivity index (χ4v) is 2.24. The predicted molar refractivity (Wildman–Crippen MR) is 76.5 cm³/mol. The van der Waals surface area contributed by atoms with Gasteiger partial charge in [0.05, 0.1) is 5.02 Å². The van der Waals surface area contributed by atoms with Gasteiger partial charge in [0.15, 0.2) is 6.61 Å². The molecule has 0 spiro atoms. The predicted octanol–water partition coefficient (Wildman–Crippen LogP) is 3.51. The molecule has 0 N–H and O–H groups in total. The van der Waals surface area contributed by atoms with E-state index in [1.54, 1.807) is 0 Å². The number of carbonyl (C=O) groups is 1. The second-order valence-electron chi connectivity index (χ2n) is 5.15. The van der Waals surface area contributed by atoms with Crippen LogP contribution in [0.4, 0.5) is 4.39 Å². The van der Waals surface area contributed by atoms with Crippen LogP contribution in [0.25, 0.3) is 0 Å². The van der Waals surface area contributed by atoms with Crippen molar-refractivity contribution in [2.24, 2.45) is 5.92 Å². The van der Waals surface area contributed by atoms with Gasteiger partial charge in [0.2, 0.25) is 0 Å². The summed E-state index contributed by atoms with van der Waals surface area (Å²) in [5.74, 6) is 0.526. The topological polar surface area (TPSA) is 29.5 Å². The number of hydrogen-bond donors (Lipinski definition) is 0. The number of nitrogens with zero attached hydrogens (tertiary/aromatic N) is 1. The van der Waals surface area contributed by atoms with Crippen molar-refractivity contribution in [3.63, 3.8) is 0 Å². The average molecular weight is 300 g/mol. The minimum Gasteiger partial charge on any atom is -0.482 e. The third-order valence-corrected chi connectivity index (χ3v) is 3.56. The Hall–Kier alpha value is -1.29. The molecule has 1 aliphatic carbocycles. The first-order valence-corrected chi connectivity index (χ1v) is 7.33. The summed E-state index contributed by atoms with van der Waals surface area (Å²) in [5.41, 5.74) is 0. The van der Waals surface area contributed by atoms with Crippen molar-refractivity contribution >= 4 is 17.5 Å². The maximum atomic E-state index is 12.9. The Morgan fingerprint density at radius 1 is 1.50 bits per heavy atom. The van der Waals surface area contributed by atoms with Gasteiger partial charge in [-0.1, -0.05) is 18.5 Å². The minimum atomic E-state index is -0.421.